The van der Waals surface area contributed by atoms with Crippen LogP contribution in [0.3, 0.4) is 0 Å². The van der Waals surface area contributed by atoms with E-state index in [1.807, 2.05) is 31.2 Å². The third-order valence-corrected chi connectivity index (χ3v) is 6.54. The Labute approximate surface area is 218 Å². The smallest absolute Gasteiger partial charge is 0.341 e. The van der Waals surface area contributed by atoms with E-state index in [-0.39, 0.29) is 23.7 Å². The number of imide groups is 1. The molecule has 8 nitrogen and oxygen atoms in total. The fourth-order valence-corrected chi connectivity index (χ4v) is 4.83. The Morgan fingerprint density at radius 3 is 2.35 bits per heavy atom. The van der Waals surface area contributed by atoms with Crippen molar-refractivity contribution < 1.29 is 28.7 Å². The number of nitrogens with one attached hydrogen (secondary N) is 1. The minimum atomic E-state index is -0.607. The predicted molar refractivity (Wildman–Crippen MR) is 141 cm³/mol. The molecule has 0 radical (unpaired) electrons. The SMILES string of the molecule is CCCOc1ccccc1/C=C/C(=O)Nc1sc(CN2C(=O)c3ccccc3C2=O)cc1C(=O)OCC. The number of anilines is 1. The van der Waals surface area contributed by atoms with Crippen LogP contribution < -0.4 is 10.1 Å². The van der Waals surface area contributed by atoms with Crippen LogP contribution in [-0.4, -0.2) is 41.8 Å². The van der Waals surface area contributed by atoms with Crippen LogP contribution in [0.5, 0.6) is 5.75 Å². The number of para-hydroxylation sites is 1. The lowest BCUT2D eigenvalue weighted by atomic mass is 10.1. The first-order chi connectivity index (χ1) is 17.9. The first kappa shape index (κ1) is 25.8. The molecule has 1 aliphatic rings. The lowest BCUT2D eigenvalue weighted by molar-refractivity contribution is -0.111. The molecule has 0 unspecified atom stereocenters. The van der Waals surface area contributed by atoms with Crippen LogP contribution in [0.4, 0.5) is 5.00 Å². The van der Waals surface area contributed by atoms with Gasteiger partial charge < -0.3 is 14.8 Å². The number of thiophene rings is 1. The number of benzene rings is 2. The van der Waals surface area contributed by atoms with Crippen LogP contribution in [0, 0.1) is 0 Å². The quantitative estimate of drug-likeness (QED) is 0.226. The molecule has 1 aromatic heterocycles. The predicted octanol–water partition coefficient (Wildman–Crippen LogP) is 5.16. The molecule has 2 heterocycles. The number of esters is 1. The molecular formula is C28H26N2O6S. The summed E-state index contributed by atoms with van der Waals surface area (Å²) in [4.78, 5) is 52.5. The average molecular weight is 519 g/mol. The standard InChI is InChI=1S/C28H26N2O6S/c1-3-15-36-23-12-8-5-9-18(23)13-14-24(31)29-25-22(28(34)35-4-2)16-19(37-25)17-30-26(32)20-10-6-7-11-21(20)27(30)33/h5-14,16H,3-4,15,17H2,1-2H3,(H,29,31)/b14-13+. The van der Waals surface area contributed by atoms with E-state index >= 15 is 0 Å². The third kappa shape index (κ3) is 5.78. The number of fused-ring (bicyclic) bond motifs is 1. The van der Waals surface area contributed by atoms with Gasteiger partial charge >= 0.3 is 5.97 Å². The van der Waals surface area contributed by atoms with E-state index < -0.39 is 23.7 Å². The fraction of sp³-hybridized carbons (Fsp3) is 0.214. The maximum Gasteiger partial charge on any atom is 0.341 e. The summed E-state index contributed by atoms with van der Waals surface area (Å²) in [7, 11) is 0. The molecule has 9 heteroatoms. The molecular weight excluding hydrogens is 492 g/mol. The molecule has 0 aliphatic carbocycles. The van der Waals surface area contributed by atoms with Crippen molar-refractivity contribution in [3.8, 4) is 5.75 Å². The maximum absolute atomic E-state index is 12.8. The zero-order valence-corrected chi connectivity index (χ0v) is 21.3. The van der Waals surface area contributed by atoms with E-state index in [1.165, 1.54) is 6.08 Å². The molecule has 0 atom stereocenters. The van der Waals surface area contributed by atoms with Gasteiger partial charge in [-0.2, -0.15) is 0 Å². The van der Waals surface area contributed by atoms with Gasteiger partial charge in [-0.3, -0.25) is 19.3 Å². The average Bonchev–Trinajstić information content (AvgIpc) is 3.41. The van der Waals surface area contributed by atoms with Crippen molar-refractivity contribution in [2.45, 2.75) is 26.8 Å². The first-order valence-electron chi connectivity index (χ1n) is 11.9. The molecule has 2 aromatic carbocycles. The van der Waals surface area contributed by atoms with Gasteiger partial charge in [0.15, 0.2) is 0 Å². The van der Waals surface area contributed by atoms with Gasteiger partial charge in [0.2, 0.25) is 5.91 Å². The van der Waals surface area contributed by atoms with E-state index in [2.05, 4.69) is 5.32 Å². The summed E-state index contributed by atoms with van der Waals surface area (Å²) in [6, 6.07) is 15.5. The minimum Gasteiger partial charge on any atom is -0.493 e. The van der Waals surface area contributed by atoms with E-state index in [9.17, 15) is 19.2 Å². The van der Waals surface area contributed by atoms with Crippen LogP contribution >= 0.6 is 11.3 Å². The van der Waals surface area contributed by atoms with Gasteiger partial charge in [-0.15, -0.1) is 11.3 Å². The Bertz CT molecular complexity index is 1340. The highest BCUT2D eigenvalue weighted by Crippen LogP contribution is 2.32. The van der Waals surface area contributed by atoms with Crippen molar-refractivity contribution in [2.75, 3.05) is 18.5 Å². The zero-order valence-electron chi connectivity index (χ0n) is 20.5. The van der Waals surface area contributed by atoms with Crippen molar-refractivity contribution in [3.05, 3.63) is 87.8 Å². The lowest BCUT2D eigenvalue weighted by Gasteiger charge is -2.12. The van der Waals surface area contributed by atoms with Crippen LogP contribution in [0.1, 0.15) is 61.8 Å². The Morgan fingerprint density at radius 1 is 1.00 bits per heavy atom. The summed E-state index contributed by atoms with van der Waals surface area (Å²) in [6.45, 7) is 4.38. The normalized spacial score (nSPS) is 12.6. The zero-order chi connectivity index (χ0) is 26.4. The minimum absolute atomic E-state index is 0.0305. The monoisotopic (exact) mass is 518 g/mol. The highest BCUT2D eigenvalue weighted by atomic mass is 32.1. The molecule has 0 fully saturated rings. The van der Waals surface area contributed by atoms with Crippen LogP contribution in [-0.2, 0) is 16.1 Å². The summed E-state index contributed by atoms with van der Waals surface area (Å²) in [6.07, 6.45) is 3.85. The number of hydrogen-bond acceptors (Lipinski definition) is 7. The molecule has 3 amide bonds. The van der Waals surface area contributed by atoms with Gasteiger partial charge in [0, 0.05) is 16.5 Å². The molecule has 0 spiro atoms. The van der Waals surface area contributed by atoms with E-state index in [0.717, 1.165) is 28.2 Å². The molecule has 0 saturated carbocycles. The second-order valence-corrected chi connectivity index (χ2v) is 9.26. The van der Waals surface area contributed by atoms with Crippen LogP contribution in [0.2, 0.25) is 0 Å². The maximum atomic E-state index is 12.8. The van der Waals surface area contributed by atoms with Crippen molar-refractivity contribution in [1.82, 2.24) is 4.90 Å². The van der Waals surface area contributed by atoms with Gasteiger partial charge in [0.25, 0.3) is 11.8 Å². The second kappa shape index (κ2) is 11.7. The molecule has 3 aromatic rings. The molecule has 4 rings (SSSR count). The highest BCUT2D eigenvalue weighted by Gasteiger charge is 2.35. The van der Waals surface area contributed by atoms with E-state index in [1.54, 1.807) is 43.3 Å². The number of nitrogens with zero attached hydrogens (tertiary/aromatic N) is 1. The molecule has 0 bridgehead atoms. The van der Waals surface area contributed by atoms with Crippen LogP contribution in [0.15, 0.2) is 60.7 Å². The van der Waals surface area contributed by atoms with Crippen molar-refractivity contribution >= 4 is 46.1 Å². The Hall–Kier alpha value is -4.24. The largest absolute Gasteiger partial charge is 0.493 e. The Balaban J connectivity index is 1.53. The number of carbonyl (C=O) groups is 4. The third-order valence-electron chi connectivity index (χ3n) is 5.50. The van der Waals surface area contributed by atoms with E-state index in [4.69, 9.17) is 9.47 Å². The molecule has 37 heavy (non-hydrogen) atoms. The summed E-state index contributed by atoms with van der Waals surface area (Å²) >= 11 is 1.11. The number of hydrogen-bond donors (Lipinski definition) is 1. The first-order valence-corrected chi connectivity index (χ1v) is 12.7. The van der Waals surface area contributed by atoms with E-state index in [0.29, 0.717) is 28.4 Å². The van der Waals surface area contributed by atoms with Gasteiger partial charge in [-0.05, 0) is 43.7 Å². The Morgan fingerprint density at radius 2 is 1.68 bits per heavy atom. The summed E-state index contributed by atoms with van der Waals surface area (Å²) in [5, 5.41) is 3.00. The van der Waals surface area contributed by atoms with Crippen LogP contribution in [0.25, 0.3) is 6.08 Å². The fourth-order valence-electron chi connectivity index (χ4n) is 3.79. The number of amides is 3. The summed E-state index contributed by atoms with van der Waals surface area (Å²) in [5.41, 5.74) is 1.59. The number of carbonyl (C=O) groups excluding carboxylic acids is 4. The number of rotatable bonds is 10. The van der Waals surface area contributed by atoms with Crippen molar-refractivity contribution in [1.29, 1.82) is 0 Å². The van der Waals surface area contributed by atoms with Crippen molar-refractivity contribution in [2.24, 2.45) is 0 Å². The molecule has 1 N–H and O–H groups in total. The van der Waals surface area contributed by atoms with Gasteiger partial charge in [0.1, 0.15) is 10.8 Å². The molecule has 0 saturated heterocycles. The lowest BCUT2D eigenvalue weighted by Crippen LogP contribution is -2.28. The molecule has 190 valence electrons. The van der Waals surface area contributed by atoms with Crippen molar-refractivity contribution in [3.63, 3.8) is 0 Å². The molecule has 1 aliphatic heterocycles. The summed E-state index contributed by atoms with van der Waals surface area (Å²) in [5.74, 6) is -1.19. The van der Waals surface area contributed by atoms with Gasteiger partial charge in [-0.25, -0.2) is 4.79 Å². The second-order valence-electron chi connectivity index (χ2n) is 8.13. The van der Waals surface area contributed by atoms with Gasteiger partial charge in [-0.1, -0.05) is 37.3 Å². The number of ether oxygens (including phenoxy) is 2. The Kier molecular flexibility index (Phi) is 8.15. The topological polar surface area (TPSA) is 102 Å². The van der Waals surface area contributed by atoms with Gasteiger partial charge in [0.05, 0.1) is 36.4 Å². The summed E-state index contributed by atoms with van der Waals surface area (Å²) < 4.78 is 10.9. The highest BCUT2D eigenvalue weighted by molar-refractivity contribution is 7.16.